The van der Waals surface area contributed by atoms with Crippen molar-refractivity contribution >= 4 is 23.1 Å². The molecular formula is C21H22N4O4. The summed E-state index contributed by atoms with van der Waals surface area (Å²) in [7, 11) is 3.15. The lowest BCUT2D eigenvalue weighted by atomic mass is 10.2. The molecule has 2 N–H and O–H groups in total. The molecule has 1 heterocycles. The maximum atomic E-state index is 12.4. The second kappa shape index (κ2) is 9.41. The van der Waals surface area contributed by atoms with Crippen molar-refractivity contribution in [2.24, 2.45) is 0 Å². The molecule has 0 aliphatic heterocycles. The number of anilines is 3. The van der Waals surface area contributed by atoms with Crippen molar-refractivity contribution in [3.8, 4) is 17.2 Å². The number of methoxy groups -OCH3 is 2. The largest absolute Gasteiger partial charge is 0.494 e. The zero-order valence-electron chi connectivity index (χ0n) is 16.4. The second-order valence-electron chi connectivity index (χ2n) is 5.89. The summed E-state index contributed by atoms with van der Waals surface area (Å²) >= 11 is 0. The fourth-order valence-electron chi connectivity index (χ4n) is 2.57. The topological polar surface area (TPSA) is 94.6 Å². The molecule has 3 aromatic rings. The number of rotatable bonds is 8. The van der Waals surface area contributed by atoms with Crippen LogP contribution >= 0.6 is 0 Å². The number of hydrogen-bond donors (Lipinski definition) is 2. The van der Waals surface area contributed by atoms with Gasteiger partial charge in [-0.05, 0) is 43.3 Å². The van der Waals surface area contributed by atoms with Crippen molar-refractivity contribution in [3.05, 3.63) is 60.6 Å². The van der Waals surface area contributed by atoms with Crippen LogP contribution in [0.1, 0.15) is 17.4 Å². The minimum atomic E-state index is -0.348. The molecular weight excluding hydrogens is 372 g/mol. The Balaban J connectivity index is 1.64. The van der Waals surface area contributed by atoms with E-state index in [2.05, 4.69) is 20.6 Å². The Hall–Kier alpha value is -3.81. The van der Waals surface area contributed by atoms with Gasteiger partial charge in [0.1, 0.15) is 17.3 Å². The predicted molar refractivity (Wildman–Crippen MR) is 110 cm³/mol. The van der Waals surface area contributed by atoms with E-state index >= 15 is 0 Å². The molecule has 0 bridgehead atoms. The fourth-order valence-corrected chi connectivity index (χ4v) is 2.57. The van der Waals surface area contributed by atoms with Crippen LogP contribution in [0.5, 0.6) is 17.2 Å². The summed E-state index contributed by atoms with van der Waals surface area (Å²) in [5, 5.41) is 5.89. The van der Waals surface area contributed by atoms with E-state index in [1.165, 1.54) is 12.4 Å². The average Bonchev–Trinajstić information content (AvgIpc) is 2.75. The molecule has 0 saturated heterocycles. The van der Waals surface area contributed by atoms with Gasteiger partial charge in [0.25, 0.3) is 5.91 Å². The number of ether oxygens (including phenoxy) is 3. The highest BCUT2D eigenvalue weighted by Crippen LogP contribution is 2.30. The molecule has 0 unspecified atom stereocenters. The number of aromatic nitrogens is 2. The van der Waals surface area contributed by atoms with Gasteiger partial charge in [-0.15, -0.1) is 0 Å². The average molecular weight is 394 g/mol. The van der Waals surface area contributed by atoms with Crippen LogP contribution in [0.3, 0.4) is 0 Å². The van der Waals surface area contributed by atoms with Gasteiger partial charge in [-0.25, -0.2) is 9.97 Å². The maximum Gasteiger partial charge on any atom is 0.275 e. The Kier molecular flexibility index (Phi) is 6.47. The molecule has 0 spiro atoms. The van der Waals surface area contributed by atoms with Crippen molar-refractivity contribution in [1.29, 1.82) is 0 Å². The molecule has 0 saturated carbocycles. The summed E-state index contributed by atoms with van der Waals surface area (Å²) in [6.45, 7) is 2.50. The van der Waals surface area contributed by atoms with E-state index in [9.17, 15) is 4.79 Å². The van der Waals surface area contributed by atoms with E-state index in [0.717, 1.165) is 11.4 Å². The highest BCUT2D eigenvalue weighted by atomic mass is 16.5. The van der Waals surface area contributed by atoms with Crippen molar-refractivity contribution in [3.63, 3.8) is 0 Å². The molecule has 0 radical (unpaired) electrons. The van der Waals surface area contributed by atoms with Crippen LogP contribution in [-0.4, -0.2) is 36.7 Å². The first kappa shape index (κ1) is 19.9. The van der Waals surface area contributed by atoms with Gasteiger partial charge in [0.2, 0.25) is 0 Å². The van der Waals surface area contributed by atoms with Crippen LogP contribution in [0.25, 0.3) is 0 Å². The lowest BCUT2D eigenvalue weighted by molar-refractivity contribution is 0.102. The summed E-state index contributed by atoms with van der Waals surface area (Å²) in [6.07, 6.45) is 2.90. The van der Waals surface area contributed by atoms with Gasteiger partial charge >= 0.3 is 0 Å². The number of nitrogens with zero attached hydrogens (tertiary/aromatic N) is 2. The third kappa shape index (κ3) is 5.13. The first-order chi connectivity index (χ1) is 14.1. The number of hydrogen-bond acceptors (Lipinski definition) is 7. The van der Waals surface area contributed by atoms with Crippen LogP contribution in [-0.2, 0) is 0 Å². The molecule has 0 aliphatic carbocycles. The molecule has 3 rings (SSSR count). The number of amides is 1. The SMILES string of the molecule is CCOc1ccc(NC(=O)c2cnc(Nc3ccc(OC)c(OC)c3)cn2)cc1. The lowest BCUT2D eigenvalue weighted by Crippen LogP contribution is -2.14. The Morgan fingerprint density at radius 2 is 1.66 bits per heavy atom. The summed E-state index contributed by atoms with van der Waals surface area (Å²) in [5.41, 5.74) is 1.60. The summed E-state index contributed by atoms with van der Waals surface area (Å²) in [4.78, 5) is 20.8. The van der Waals surface area contributed by atoms with Gasteiger partial charge in [-0.1, -0.05) is 0 Å². The van der Waals surface area contributed by atoms with E-state index in [1.54, 1.807) is 50.6 Å². The smallest absolute Gasteiger partial charge is 0.275 e. The summed E-state index contributed by atoms with van der Waals surface area (Å²) in [6, 6.07) is 12.5. The standard InChI is InChI=1S/C21H22N4O4/c1-4-29-16-8-5-14(6-9-16)25-21(26)17-12-23-20(13-22-17)24-15-7-10-18(27-2)19(11-15)28-3/h5-13H,4H2,1-3H3,(H,23,24)(H,25,26). The van der Waals surface area contributed by atoms with E-state index in [-0.39, 0.29) is 11.6 Å². The number of carbonyl (C=O) groups excluding carboxylic acids is 1. The van der Waals surface area contributed by atoms with Crippen LogP contribution in [0, 0.1) is 0 Å². The number of nitrogens with one attached hydrogen (secondary N) is 2. The van der Waals surface area contributed by atoms with Gasteiger partial charge in [-0.2, -0.15) is 0 Å². The van der Waals surface area contributed by atoms with Gasteiger partial charge in [-0.3, -0.25) is 4.79 Å². The normalized spacial score (nSPS) is 10.2. The summed E-state index contributed by atoms with van der Waals surface area (Å²) < 4.78 is 15.9. The Bertz CT molecular complexity index is 959. The molecule has 8 heteroatoms. The molecule has 8 nitrogen and oxygen atoms in total. The van der Waals surface area contributed by atoms with Gasteiger partial charge in [0.05, 0.1) is 33.2 Å². The first-order valence-electron chi connectivity index (χ1n) is 8.98. The molecule has 1 aromatic heterocycles. The molecule has 0 atom stereocenters. The van der Waals surface area contributed by atoms with E-state index < -0.39 is 0 Å². The van der Waals surface area contributed by atoms with Crippen molar-refractivity contribution in [2.45, 2.75) is 6.92 Å². The first-order valence-corrected chi connectivity index (χ1v) is 8.98. The quantitative estimate of drug-likeness (QED) is 0.598. The summed E-state index contributed by atoms with van der Waals surface area (Å²) in [5.74, 6) is 2.12. The van der Waals surface area contributed by atoms with Crippen LogP contribution < -0.4 is 24.8 Å². The van der Waals surface area contributed by atoms with Crippen molar-refractivity contribution < 1.29 is 19.0 Å². The molecule has 0 aliphatic rings. The number of carbonyl (C=O) groups is 1. The third-order valence-electron chi connectivity index (χ3n) is 3.96. The van der Waals surface area contributed by atoms with Crippen LogP contribution in [0.4, 0.5) is 17.2 Å². The monoisotopic (exact) mass is 394 g/mol. The highest BCUT2D eigenvalue weighted by Gasteiger charge is 2.10. The van der Waals surface area contributed by atoms with Crippen LogP contribution in [0.15, 0.2) is 54.9 Å². The molecule has 1 amide bonds. The number of benzene rings is 2. The lowest BCUT2D eigenvalue weighted by Gasteiger charge is -2.11. The minimum absolute atomic E-state index is 0.205. The Labute approximate surface area is 168 Å². The molecule has 2 aromatic carbocycles. The van der Waals surface area contributed by atoms with Gasteiger partial charge < -0.3 is 24.8 Å². The highest BCUT2D eigenvalue weighted by molar-refractivity contribution is 6.02. The zero-order valence-corrected chi connectivity index (χ0v) is 16.4. The Morgan fingerprint density at radius 1 is 0.931 bits per heavy atom. The molecule has 29 heavy (non-hydrogen) atoms. The van der Waals surface area contributed by atoms with Gasteiger partial charge in [0, 0.05) is 17.4 Å². The maximum absolute atomic E-state index is 12.4. The molecule has 0 fully saturated rings. The predicted octanol–water partition coefficient (Wildman–Crippen LogP) is 3.89. The molecule has 150 valence electrons. The van der Waals surface area contributed by atoms with E-state index in [4.69, 9.17) is 14.2 Å². The van der Waals surface area contributed by atoms with E-state index in [0.29, 0.717) is 29.6 Å². The van der Waals surface area contributed by atoms with Crippen molar-refractivity contribution in [1.82, 2.24) is 9.97 Å². The minimum Gasteiger partial charge on any atom is -0.494 e. The fraction of sp³-hybridized carbons (Fsp3) is 0.190. The van der Waals surface area contributed by atoms with Gasteiger partial charge in [0.15, 0.2) is 11.5 Å². The van der Waals surface area contributed by atoms with Crippen LogP contribution in [0.2, 0.25) is 0 Å². The van der Waals surface area contributed by atoms with Crippen molar-refractivity contribution in [2.75, 3.05) is 31.5 Å². The third-order valence-corrected chi connectivity index (χ3v) is 3.96. The Morgan fingerprint density at radius 3 is 2.28 bits per heavy atom. The zero-order chi connectivity index (χ0) is 20.6. The second-order valence-corrected chi connectivity index (χ2v) is 5.89. The van der Waals surface area contributed by atoms with E-state index in [1.807, 2.05) is 13.0 Å².